The standard InChI is InChI=1S/C18H19N3O2/c1-3-22-16-7-14-6-12(2)23-17(14)8-15(16)11-21-18-5-4-13(9-19)10-20-18/h4-5,7-8,10,12H,3,6,11H2,1-2H3,(H,20,21). The zero-order chi connectivity index (χ0) is 16.2. The lowest BCUT2D eigenvalue weighted by atomic mass is 10.1. The Kier molecular flexibility index (Phi) is 4.33. The summed E-state index contributed by atoms with van der Waals surface area (Å²) in [7, 11) is 0. The first-order valence-corrected chi connectivity index (χ1v) is 7.75. The van der Waals surface area contributed by atoms with Crippen LogP contribution in [-0.4, -0.2) is 17.7 Å². The van der Waals surface area contributed by atoms with Crippen molar-refractivity contribution in [2.75, 3.05) is 11.9 Å². The van der Waals surface area contributed by atoms with Crippen molar-refractivity contribution in [2.45, 2.75) is 32.9 Å². The Hall–Kier alpha value is -2.74. The molecule has 5 nitrogen and oxygen atoms in total. The maximum absolute atomic E-state index is 8.80. The number of nitrogens with zero attached hydrogens (tertiary/aromatic N) is 2. The average Bonchev–Trinajstić information content (AvgIpc) is 2.92. The molecule has 2 aromatic rings. The van der Waals surface area contributed by atoms with Crippen molar-refractivity contribution < 1.29 is 9.47 Å². The molecule has 23 heavy (non-hydrogen) atoms. The number of aromatic nitrogens is 1. The van der Waals surface area contributed by atoms with E-state index in [4.69, 9.17) is 14.7 Å². The molecule has 1 N–H and O–H groups in total. The third kappa shape index (κ3) is 3.37. The highest BCUT2D eigenvalue weighted by Crippen LogP contribution is 2.35. The second-order valence-electron chi connectivity index (χ2n) is 5.53. The summed E-state index contributed by atoms with van der Waals surface area (Å²) in [6.07, 6.45) is 2.68. The highest BCUT2D eigenvalue weighted by atomic mass is 16.5. The number of ether oxygens (including phenoxy) is 2. The van der Waals surface area contributed by atoms with Crippen LogP contribution in [-0.2, 0) is 13.0 Å². The van der Waals surface area contributed by atoms with Crippen LogP contribution in [0.3, 0.4) is 0 Å². The smallest absolute Gasteiger partial charge is 0.126 e. The molecule has 1 unspecified atom stereocenters. The Morgan fingerprint density at radius 3 is 3.00 bits per heavy atom. The first kappa shape index (κ1) is 15.2. The molecule has 1 aromatic heterocycles. The quantitative estimate of drug-likeness (QED) is 0.918. The third-order valence-electron chi connectivity index (χ3n) is 3.73. The number of fused-ring (bicyclic) bond motifs is 1. The van der Waals surface area contributed by atoms with Gasteiger partial charge in [0, 0.05) is 30.3 Å². The Labute approximate surface area is 135 Å². The minimum absolute atomic E-state index is 0.211. The van der Waals surface area contributed by atoms with Gasteiger partial charge >= 0.3 is 0 Å². The number of hydrogen-bond acceptors (Lipinski definition) is 5. The van der Waals surface area contributed by atoms with Crippen LogP contribution in [0.15, 0.2) is 30.5 Å². The van der Waals surface area contributed by atoms with E-state index in [2.05, 4.69) is 29.4 Å². The van der Waals surface area contributed by atoms with Gasteiger partial charge in [-0.25, -0.2) is 4.98 Å². The number of hydrogen-bond donors (Lipinski definition) is 1. The van der Waals surface area contributed by atoms with Crippen LogP contribution >= 0.6 is 0 Å². The summed E-state index contributed by atoms with van der Waals surface area (Å²) in [4.78, 5) is 4.22. The van der Waals surface area contributed by atoms with Crippen molar-refractivity contribution in [1.82, 2.24) is 4.98 Å². The summed E-state index contributed by atoms with van der Waals surface area (Å²) in [5, 5.41) is 12.1. The minimum atomic E-state index is 0.211. The molecule has 2 heterocycles. The van der Waals surface area contributed by atoms with E-state index >= 15 is 0 Å². The Balaban J connectivity index is 1.78. The molecule has 1 aromatic carbocycles. The first-order valence-electron chi connectivity index (χ1n) is 7.75. The van der Waals surface area contributed by atoms with Crippen LogP contribution < -0.4 is 14.8 Å². The van der Waals surface area contributed by atoms with Gasteiger partial charge in [0.2, 0.25) is 0 Å². The molecule has 0 amide bonds. The second-order valence-corrected chi connectivity index (χ2v) is 5.53. The topological polar surface area (TPSA) is 67.2 Å². The molecule has 0 spiro atoms. The summed E-state index contributed by atoms with van der Waals surface area (Å²) < 4.78 is 11.6. The molecule has 0 aliphatic carbocycles. The second kappa shape index (κ2) is 6.57. The fourth-order valence-corrected chi connectivity index (χ4v) is 2.66. The van der Waals surface area contributed by atoms with Crippen molar-refractivity contribution in [1.29, 1.82) is 5.26 Å². The predicted octanol–water partition coefficient (Wildman–Crippen LogP) is 3.29. The van der Waals surface area contributed by atoms with Crippen molar-refractivity contribution in [3.8, 4) is 17.6 Å². The zero-order valence-corrected chi connectivity index (χ0v) is 13.3. The van der Waals surface area contributed by atoms with Gasteiger partial charge in [0.25, 0.3) is 0 Å². The van der Waals surface area contributed by atoms with Crippen LogP contribution in [0, 0.1) is 11.3 Å². The lowest BCUT2D eigenvalue weighted by molar-refractivity contribution is 0.254. The number of nitriles is 1. The van der Waals surface area contributed by atoms with Gasteiger partial charge in [-0.05, 0) is 38.1 Å². The van der Waals surface area contributed by atoms with Crippen LogP contribution in [0.5, 0.6) is 11.5 Å². The molecule has 0 fully saturated rings. The van der Waals surface area contributed by atoms with Gasteiger partial charge in [0.05, 0.1) is 12.2 Å². The van der Waals surface area contributed by atoms with Gasteiger partial charge in [-0.15, -0.1) is 0 Å². The number of benzene rings is 1. The van der Waals surface area contributed by atoms with Crippen LogP contribution in [0.4, 0.5) is 5.82 Å². The molecule has 0 saturated carbocycles. The van der Waals surface area contributed by atoms with Gasteiger partial charge in [-0.1, -0.05) is 0 Å². The lowest BCUT2D eigenvalue weighted by Crippen LogP contribution is -2.05. The van der Waals surface area contributed by atoms with E-state index in [0.717, 1.165) is 29.3 Å². The molecule has 1 atom stereocenters. The molecule has 1 aliphatic rings. The van der Waals surface area contributed by atoms with Crippen molar-refractivity contribution in [3.63, 3.8) is 0 Å². The molecular weight excluding hydrogens is 290 g/mol. The van der Waals surface area contributed by atoms with Crippen LogP contribution in [0.25, 0.3) is 0 Å². The van der Waals surface area contributed by atoms with Crippen molar-refractivity contribution in [3.05, 3.63) is 47.2 Å². The van der Waals surface area contributed by atoms with Gasteiger partial charge in [0.15, 0.2) is 0 Å². The van der Waals surface area contributed by atoms with E-state index < -0.39 is 0 Å². The Bertz CT molecular complexity index is 735. The number of anilines is 1. The number of nitrogens with one attached hydrogen (secondary N) is 1. The van der Waals surface area contributed by atoms with E-state index in [-0.39, 0.29) is 6.10 Å². The van der Waals surface area contributed by atoms with E-state index in [9.17, 15) is 0 Å². The predicted molar refractivity (Wildman–Crippen MR) is 87.7 cm³/mol. The third-order valence-corrected chi connectivity index (χ3v) is 3.73. The van der Waals surface area contributed by atoms with Gasteiger partial charge in [-0.3, -0.25) is 0 Å². The highest BCUT2D eigenvalue weighted by Gasteiger charge is 2.21. The maximum atomic E-state index is 8.80. The van der Waals surface area contributed by atoms with Gasteiger partial charge < -0.3 is 14.8 Å². The average molecular weight is 309 g/mol. The molecule has 5 heteroatoms. The molecule has 0 saturated heterocycles. The molecule has 0 radical (unpaired) electrons. The van der Waals surface area contributed by atoms with E-state index in [1.807, 2.05) is 13.0 Å². The maximum Gasteiger partial charge on any atom is 0.126 e. The summed E-state index contributed by atoms with van der Waals surface area (Å²) >= 11 is 0. The largest absolute Gasteiger partial charge is 0.494 e. The normalized spacial score (nSPS) is 15.4. The summed E-state index contributed by atoms with van der Waals surface area (Å²) in [5.41, 5.74) is 2.78. The van der Waals surface area contributed by atoms with E-state index in [1.165, 1.54) is 5.56 Å². The fraction of sp³-hybridized carbons (Fsp3) is 0.333. The summed E-state index contributed by atoms with van der Waals surface area (Å²) in [6, 6.07) is 9.72. The molecule has 3 rings (SSSR count). The summed E-state index contributed by atoms with van der Waals surface area (Å²) in [6.45, 7) is 5.25. The monoisotopic (exact) mass is 309 g/mol. The number of rotatable bonds is 5. The number of pyridine rings is 1. The molecule has 0 bridgehead atoms. The van der Waals surface area contributed by atoms with Crippen molar-refractivity contribution in [2.24, 2.45) is 0 Å². The Morgan fingerprint density at radius 2 is 2.30 bits per heavy atom. The highest BCUT2D eigenvalue weighted by molar-refractivity contribution is 5.50. The van der Waals surface area contributed by atoms with E-state index in [1.54, 1.807) is 18.3 Å². The van der Waals surface area contributed by atoms with Crippen molar-refractivity contribution >= 4 is 5.82 Å². The lowest BCUT2D eigenvalue weighted by Gasteiger charge is -2.13. The van der Waals surface area contributed by atoms with Gasteiger partial charge in [0.1, 0.15) is 29.5 Å². The molecule has 118 valence electrons. The van der Waals surface area contributed by atoms with Crippen LogP contribution in [0.1, 0.15) is 30.5 Å². The summed E-state index contributed by atoms with van der Waals surface area (Å²) in [5.74, 6) is 2.54. The van der Waals surface area contributed by atoms with E-state index in [0.29, 0.717) is 18.7 Å². The fourth-order valence-electron chi connectivity index (χ4n) is 2.66. The molecular formula is C18H19N3O2. The minimum Gasteiger partial charge on any atom is -0.494 e. The Morgan fingerprint density at radius 1 is 1.43 bits per heavy atom. The molecule has 1 aliphatic heterocycles. The SMILES string of the molecule is CCOc1cc2c(cc1CNc1ccc(C#N)cn1)OC(C)C2. The van der Waals surface area contributed by atoms with Gasteiger partial charge in [-0.2, -0.15) is 5.26 Å². The van der Waals surface area contributed by atoms with Crippen LogP contribution in [0.2, 0.25) is 0 Å². The zero-order valence-electron chi connectivity index (χ0n) is 13.3. The first-order chi connectivity index (χ1) is 11.2.